The molecule has 0 atom stereocenters. The molecular weight excluding hydrogens is 171 g/mol. The number of hydrogen-bond acceptors (Lipinski definition) is 2. The second-order valence-corrected chi connectivity index (χ2v) is 2.84. The number of halogens is 1. The van der Waals surface area contributed by atoms with Gasteiger partial charge in [0, 0.05) is 11.1 Å². The van der Waals surface area contributed by atoms with Gasteiger partial charge >= 0.3 is 0 Å². The van der Waals surface area contributed by atoms with Gasteiger partial charge in [0.25, 0.3) is 0 Å². The summed E-state index contributed by atoms with van der Waals surface area (Å²) < 4.78 is 18.1. The lowest BCUT2D eigenvalue weighted by Gasteiger charge is -2.06. The lowest BCUT2D eigenvalue weighted by molar-refractivity contribution is 0.101. The number of methoxy groups -OCH3 is 1. The molecule has 0 heterocycles. The Kier molecular flexibility index (Phi) is 2.66. The number of Topliss-reactive ketones (excluding diaryl/α,β-unsaturated/α-hetero) is 1. The molecule has 0 aromatic heterocycles. The Morgan fingerprint density at radius 2 is 2.08 bits per heavy atom. The molecule has 1 aromatic carbocycles. The summed E-state index contributed by atoms with van der Waals surface area (Å²) in [6.45, 7) is 3.00. The fourth-order valence-electron chi connectivity index (χ4n) is 1.07. The fraction of sp³-hybridized carbons (Fsp3) is 0.300. The second-order valence-electron chi connectivity index (χ2n) is 2.84. The minimum absolute atomic E-state index is 0.169. The van der Waals surface area contributed by atoms with Crippen molar-refractivity contribution in [2.75, 3.05) is 7.11 Å². The van der Waals surface area contributed by atoms with Crippen LogP contribution in [0, 0.1) is 12.7 Å². The summed E-state index contributed by atoms with van der Waals surface area (Å²) in [6, 6.07) is 2.76. The van der Waals surface area contributed by atoms with Crippen molar-refractivity contribution in [2.45, 2.75) is 13.8 Å². The first-order valence-electron chi connectivity index (χ1n) is 3.91. The SMILES string of the molecule is COc1cc(C(C)=O)cc(F)c1C. The van der Waals surface area contributed by atoms with E-state index in [1.165, 1.54) is 20.1 Å². The van der Waals surface area contributed by atoms with Crippen molar-refractivity contribution < 1.29 is 13.9 Å². The van der Waals surface area contributed by atoms with Crippen LogP contribution in [0.5, 0.6) is 5.75 Å². The molecular formula is C10H11FO2. The minimum atomic E-state index is -0.412. The molecule has 0 saturated heterocycles. The molecule has 13 heavy (non-hydrogen) atoms. The van der Waals surface area contributed by atoms with Crippen LogP contribution in [0.2, 0.25) is 0 Å². The standard InChI is InChI=1S/C10H11FO2/c1-6-9(11)4-8(7(2)12)5-10(6)13-3/h4-5H,1-3H3. The molecule has 0 bridgehead atoms. The average molecular weight is 182 g/mol. The van der Waals surface area contributed by atoms with Crippen molar-refractivity contribution in [3.05, 3.63) is 29.1 Å². The highest BCUT2D eigenvalue weighted by atomic mass is 19.1. The Hall–Kier alpha value is -1.38. The fourth-order valence-corrected chi connectivity index (χ4v) is 1.07. The van der Waals surface area contributed by atoms with Crippen LogP contribution in [0.3, 0.4) is 0 Å². The Morgan fingerprint density at radius 3 is 2.54 bits per heavy atom. The molecule has 2 nitrogen and oxygen atoms in total. The maximum atomic E-state index is 13.2. The van der Waals surface area contributed by atoms with Gasteiger partial charge in [-0.25, -0.2) is 4.39 Å². The molecule has 0 aliphatic heterocycles. The van der Waals surface area contributed by atoms with Gasteiger partial charge < -0.3 is 4.74 Å². The van der Waals surface area contributed by atoms with E-state index < -0.39 is 5.82 Å². The Bertz CT molecular complexity index is 345. The summed E-state index contributed by atoms with van der Waals surface area (Å²) in [5.41, 5.74) is 0.757. The Morgan fingerprint density at radius 1 is 1.46 bits per heavy atom. The van der Waals surface area contributed by atoms with Crippen LogP contribution in [0.4, 0.5) is 4.39 Å². The van der Waals surface area contributed by atoms with Crippen molar-refractivity contribution in [3.8, 4) is 5.75 Å². The van der Waals surface area contributed by atoms with E-state index in [1.54, 1.807) is 13.0 Å². The van der Waals surface area contributed by atoms with Gasteiger partial charge in [0.1, 0.15) is 11.6 Å². The van der Waals surface area contributed by atoms with Crippen molar-refractivity contribution in [3.63, 3.8) is 0 Å². The summed E-state index contributed by atoms with van der Waals surface area (Å²) in [7, 11) is 1.45. The van der Waals surface area contributed by atoms with E-state index in [4.69, 9.17) is 4.74 Å². The van der Waals surface area contributed by atoms with E-state index in [-0.39, 0.29) is 5.78 Å². The first-order chi connectivity index (χ1) is 6.06. The summed E-state index contributed by atoms with van der Waals surface area (Å²) in [6.07, 6.45) is 0. The Balaban J connectivity index is 3.30. The molecule has 0 spiro atoms. The van der Waals surface area contributed by atoms with Crippen LogP contribution in [-0.2, 0) is 0 Å². The highest BCUT2D eigenvalue weighted by Gasteiger charge is 2.09. The normalized spacial score (nSPS) is 9.85. The topological polar surface area (TPSA) is 26.3 Å². The van der Waals surface area contributed by atoms with Crippen LogP contribution in [0.1, 0.15) is 22.8 Å². The molecule has 0 amide bonds. The van der Waals surface area contributed by atoms with Gasteiger partial charge in [-0.2, -0.15) is 0 Å². The first-order valence-corrected chi connectivity index (χ1v) is 3.91. The van der Waals surface area contributed by atoms with E-state index >= 15 is 0 Å². The number of ether oxygens (including phenoxy) is 1. The maximum Gasteiger partial charge on any atom is 0.160 e. The first kappa shape index (κ1) is 9.71. The number of rotatable bonds is 2. The zero-order valence-corrected chi connectivity index (χ0v) is 7.85. The molecule has 0 N–H and O–H groups in total. The van der Waals surface area contributed by atoms with E-state index in [0.29, 0.717) is 16.9 Å². The van der Waals surface area contributed by atoms with Crippen molar-refractivity contribution in [1.82, 2.24) is 0 Å². The zero-order valence-electron chi connectivity index (χ0n) is 7.85. The molecule has 0 aliphatic rings. The predicted octanol–water partition coefficient (Wildman–Crippen LogP) is 2.35. The quantitative estimate of drug-likeness (QED) is 0.656. The van der Waals surface area contributed by atoms with Crippen LogP contribution >= 0.6 is 0 Å². The number of ketones is 1. The van der Waals surface area contributed by atoms with E-state index in [2.05, 4.69) is 0 Å². The highest BCUT2D eigenvalue weighted by molar-refractivity contribution is 5.94. The lowest BCUT2D eigenvalue weighted by atomic mass is 10.1. The van der Waals surface area contributed by atoms with Gasteiger partial charge in [-0.15, -0.1) is 0 Å². The van der Waals surface area contributed by atoms with Crippen LogP contribution in [-0.4, -0.2) is 12.9 Å². The van der Waals surface area contributed by atoms with Crippen LogP contribution in [0.25, 0.3) is 0 Å². The smallest absolute Gasteiger partial charge is 0.160 e. The van der Waals surface area contributed by atoms with Crippen LogP contribution < -0.4 is 4.74 Å². The summed E-state index contributed by atoms with van der Waals surface area (Å²) in [5, 5.41) is 0. The van der Waals surface area contributed by atoms with Gasteiger partial charge in [0.15, 0.2) is 5.78 Å². The highest BCUT2D eigenvalue weighted by Crippen LogP contribution is 2.22. The third kappa shape index (κ3) is 1.86. The van der Waals surface area contributed by atoms with Crippen molar-refractivity contribution in [2.24, 2.45) is 0 Å². The van der Waals surface area contributed by atoms with E-state index in [1.807, 2.05) is 0 Å². The minimum Gasteiger partial charge on any atom is -0.496 e. The molecule has 0 aliphatic carbocycles. The molecule has 1 rings (SSSR count). The molecule has 0 fully saturated rings. The maximum absolute atomic E-state index is 13.2. The summed E-state index contributed by atoms with van der Waals surface area (Å²) >= 11 is 0. The van der Waals surface area contributed by atoms with E-state index in [0.717, 1.165) is 0 Å². The molecule has 70 valence electrons. The Labute approximate surface area is 76.3 Å². The third-order valence-corrected chi connectivity index (χ3v) is 1.92. The average Bonchev–Trinajstić information content (AvgIpc) is 2.09. The van der Waals surface area contributed by atoms with Crippen LogP contribution in [0.15, 0.2) is 12.1 Å². The number of carbonyl (C=O) groups is 1. The van der Waals surface area contributed by atoms with Crippen molar-refractivity contribution >= 4 is 5.78 Å². The summed E-state index contributed by atoms with van der Waals surface area (Å²) in [4.78, 5) is 11.0. The third-order valence-electron chi connectivity index (χ3n) is 1.92. The molecule has 0 saturated carbocycles. The monoisotopic (exact) mass is 182 g/mol. The molecule has 0 unspecified atom stereocenters. The number of hydrogen-bond donors (Lipinski definition) is 0. The van der Waals surface area contributed by atoms with Gasteiger partial charge in [-0.1, -0.05) is 0 Å². The molecule has 3 heteroatoms. The van der Waals surface area contributed by atoms with Gasteiger partial charge in [0.05, 0.1) is 7.11 Å². The number of benzene rings is 1. The predicted molar refractivity (Wildman–Crippen MR) is 47.7 cm³/mol. The van der Waals surface area contributed by atoms with Gasteiger partial charge in [0.2, 0.25) is 0 Å². The zero-order chi connectivity index (χ0) is 10.0. The summed E-state index contributed by atoms with van der Waals surface area (Å²) in [5.74, 6) is -0.174. The molecule has 1 aromatic rings. The van der Waals surface area contributed by atoms with Gasteiger partial charge in [-0.3, -0.25) is 4.79 Å². The van der Waals surface area contributed by atoms with E-state index in [9.17, 15) is 9.18 Å². The second kappa shape index (κ2) is 3.56. The molecule has 0 radical (unpaired) electrons. The van der Waals surface area contributed by atoms with Crippen molar-refractivity contribution in [1.29, 1.82) is 0 Å². The van der Waals surface area contributed by atoms with Gasteiger partial charge in [-0.05, 0) is 26.0 Å². The number of carbonyl (C=O) groups excluding carboxylic acids is 1. The largest absolute Gasteiger partial charge is 0.496 e. The lowest BCUT2D eigenvalue weighted by Crippen LogP contribution is -1.98.